The fraction of sp³-hybridized carbons (Fsp3) is 0.250. The molecule has 1 aromatic heterocycles. The van der Waals surface area contributed by atoms with E-state index in [0.717, 1.165) is 0 Å². The molecule has 0 spiro atoms. The Morgan fingerprint density at radius 2 is 2.38 bits per heavy atom. The number of anilines is 1. The summed E-state index contributed by atoms with van der Waals surface area (Å²) in [6, 6.07) is 2.64. The molecule has 0 saturated carbocycles. The first-order chi connectivity index (χ1) is 6.09. The summed E-state index contributed by atoms with van der Waals surface area (Å²) in [7, 11) is 0. The molecule has 1 unspecified atom stereocenters. The van der Waals surface area contributed by atoms with Gasteiger partial charge < -0.3 is 5.32 Å². The van der Waals surface area contributed by atoms with Crippen molar-refractivity contribution in [3.05, 3.63) is 24.3 Å². The van der Waals surface area contributed by atoms with E-state index in [-0.39, 0.29) is 10.7 Å². The van der Waals surface area contributed by atoms with Crippen molar-refractivity contribution in [2.45, 2.75) is 11.8 Å². The molecule has 1 heterocycles. The molecule has 3 nitrogen and oxygen atoms in total. The third-order valence-electron chi connectivity index (χ3n) is 1.36. The molecular formula is C8H8BrFN2O. The van der Waals surface area contributed by atoms with E-state index in [0.29, 0.717) is 5.69 Å². The second-order valence-electron chi connectivity index (χ2n) is 2.47. The van der Waals surface area contributed by atoms with Crippen molar-refractivity contribution in [3.63, 3.8) is 0 Å². The monoisotopic (exact) mass is 246 g/mol. The Bertz CT molecular complexity index is 300. The first-order valence-electron chi connectivity index (χ1n) is 3.66. The lowest BCUT2D eigenvalue weighted by molar-refractivity contribution is -0.115. The fourth-order valence-corrected chi connectivity index (χ4v) is 0.806. The Balaban J connectivity index is 2.65. The van der Waals surface area contributed by atoms with Gasteiger partial charge in [0.25, 0.3) is 0 Å². The van der Waals surface area contributed by atoms with E-state index >= 15 is 0 Å². The van der Waals surface area contributed by atoms with Crippen molar-refractivity contribution in [2.24, 2.45) is 0 Å². The van der Waals surface area contributed by atoms with Gasteiger partial charge in [-0.25, -0.2) is 4.98 Å². The van der Waals surface area contributed by atoms with Crippen LogP contribution < -0.4 is 5.32 Å². The highest BCUT2D eigenvalue weighted by atomic mass is 79.9. The molecule has 0 aliphatic heterocycles. The second kappa shape index (κ2) is 4.32. The highest BCUT2D eigenvalue weighted by Gasteiger charge is 2.08. The zero-order valence-corrected chi connectivity index (χ0v) is 8.51. The number of pyridine rings is 1. The lowest BCUT2D eigenvalue weighted by Gasteiger charge is -2.05. The van der Waals surface area contributed by atoms with Gasteiger partial charge in [-0.2, -0.15) is 4.39 Å². The Labute approximate surface area is 83.5 Å². The standard InChI is InChI=1S/C8H8BrFN2O/c1-5(9)8(13)12-6-2-3-7(10)11-4-6/h2-5H,1H3,(H,12,13). The van der Waals surface area contributed by atoms with Gasteiger partial charge in [0, 0.05) is 0 Å². The summed E-state index contributed by atoms with van der Waals surface area (Å²) in [5.74, 6) is -0.752. The molecule has 0 aromatic carbocycles. The SMILES string of the molecule is CC(Br)C(=O)Nc1ccc(F)nc1. The van der Waals surface area contributed by atoms with Crippen LogP contribution in [-0.2, 0) is 4.79 Å². The predicted octanol–water partition coefficient (Wildman–Crippen LogP) is 1.94. The van der Waals surface area contributed by atoms with Gasteiger partial charge in [-0.05, 0) is 19.1 Å². The maximum Gasteiger partial charge on any atom is 0.237 e. The van der Waals surface area contributed by atoms with Gasteiger partial charge in [0.05, 0.1) is 16.7 Å². The van der Waals surface area contributed by atoms with Gasteiger partial charge >= 0.3 is 0 Å². The first-order valence-corrected chi connectivity index (χ1v) is 4.57. The van der Waals surface area contributed by atoms with E-state index in [2.05, 4.69) is 26.2 Å². The van der Waals surface area contributed by atoms with E-state index < -0.39 is 5.95 Å². The molecule has 13 heavy (non-hydrogen) atoms. The van der Waals surface area contributed by atoms with E-state index in [1.54, 1.807) is 6.92 Å². The van der Waals surface area contributed by atoms with E-state index in [1.807, 2.05) is 0 Å². The largest absolute Gasteiger partial charge is 0.324 e. The molecular weight excluding hydrogens is 239 g/mol. The highest BCUT2D eigenvalue weighted by molar-refractivity contribution is 9.10. The second-order valence-corrected chi connectivity index (χ2v) is 3.85. The van der Waals surface area contributed by atoms with E-state index in [1.165, 1.54) is 18.3 Å². The van der Waals surface area contributed by atoms with Gasteiger partial charge in [-0.3, -0.25) is 4.79 Å². The van der Waals surface area contributed by atoms with Crippen LogP contribution in [-0.4, -0.2) is 15.7 Å². The molecule has 0 aliphatic carbocycles. The number of carbonyl (C=O) groups excluding carboxylic acids is 1. The van der Waals surface area contributed by atoms with Crippen LogP contribution in [0, 0.1) is 5.95 Å². The molecule has 1 rings (SSSR count). The lowest BCUT2D eigenvalue weighted by atomic mass is 10.4. The van der Waals surface area contributed by atoms with Gasteiger partial charge in [-0.1, -0.05) is 15.9 Å². The lowest BCUT2D eigenvalue weighted by Crippen LogP contribution is -2.19. The van der Waals surface area contributed by atoms with Crippen LogP contribution in [0.15, 0.2) is 18.3 Å². The Morgan fingerprint density at radius 1 is 1.69 bits per heavy atom. The number of alkyl halides is 1. The molecule has 0 saturated heterocycles. The Kier molecular flexibility index (Phi) is 3.36. The number of hydrogen-bond donors (Lipinski definition) is 1. The number of rotatable bonds is 2. The molecule has 0 bridgehead atoms. The summed E-state index contributed by atoms with van der Waals surface area (Å²) in [4.78, 5) is 14.2. The van der Waals surface area contributed by atoms with Gasteiger partial charge in [0.1, 0.15) is 0 Å². The van der Waals surface area contributed by atoms with Crippen molar-refractivity contribution in [1.29, 1.82) is 0 Å². The molecule has 1 aromatic rings. The summed E-state index contributed by atoms with van der Waals surface area (Å²) in [5.41, 5.74) is 0.484. The zero-order valence-electron chi connectivity index (χ0n) is 6.92. The number of carbonyl (C=O) groups is 1. The minimum absolute atomic E-state index is 0.187. The predicted molar refractivity (Wildman–Crippen MR) is 51.2 cm³/mol. The van der Waals surface area contributed by atoms with Crippen LogP contribution in [0.4, 0.5) is 10.1 Å². The van der Waals surface area contributed by atoms with E-state index in [9.17, 15) is 9.18 Å². The quantitative estimate of drug-likeness (QED) is 0.641. The Hall–Kier alpha value is -0.970. The van der Waals surface area contributed by atoms with Crippen LogP contribution in [0.5, 0.6) is 0 Å². The normalized spacial score (nSPS) is 12.2. The summed E-state index contributed by atoms with van der Waals surface area (Å²) >= 11 is 3.11. The average molecular weight is 247 g/mol. The molecule has 1 N–H and O–H groups in total. The van der Waals surface area contributed by atoms with Crippen molar-refractivity contribution in [1.82, 2.24) is 4.98 Å². The Morgan fingerprint density at radius 3 is 2.85 bits per heavy atom. The van der Waals surface area contributed by atoms with Crippen molar-refractivity contribution in [2.75, 3.05) is 5.32 Å². The molecule has 5 heteroatoms. The zero-order chi connectivity index (χ0) is 9.84. The van der Waals surface area contributed by atoms with Crippen LogP contribution in [0.1, 0.15) is 6.92 Å². The summed E-state index contributed by atoms with van der Waals surface area (Å²) in [6.45, 7) is 1.70. The number of aromatic nitrogens is 1. The maximum atomic E-state index is 12.3. The summed E-state index contributed by atoms with van der Waals surface area (Å²) < 4.78 is 12.3. The van der Waals surface area contributed by atoms with Crippen LogP contribution in [0.3, 0.4) is 0 Å². The summed E-state index contributed by atoms with van der Waals surface area (Å²) in [5, 5.41) is 2.55. The third-order valence-corrected chi connectivity index (χ3v) is 1.77. The van der Waals surface area contributed by atoms with Gasteiger partial charge in [-0.15, -0.1) is 0 Å². The number of hydrogen-bond acceptors (Lipinski definition) is 2. The average Bonchev–Trinajstić information content (AvgIpc) is 2.08. The topological polar surface area (TPSA) is 42.0 Å². The molecule has 1 atom stereocenters. The van der Waals surface area contributed by atoms with Crippen LogP contribution in [0.2, 0.25) is 0 Å². The first kappa shape index (κ1) is 10.1. The highest BCUT2D eigenvalue weighted by Crippen LogP contribution is 2.07. The molecule has 0 aliphatic rings. The minimum Gasteiger partial charge on any atom is -0.324 e. The van der Waals surface area contributed by atoms with Gasteiger partial charge in [0.15, 0.2) is 0 Å². The van der Waals surface area contributed by atoms with Crippen LogP contribution >= 0.6 is 15.9 Å². The summed E-state index contributed by atoms with van der Waals surface area (Å²) in [6.07, 6.45) is 1.27. The number of nitrogens with zero attached hydrogens (tertiary/aromatic N) is 1. The third kappa shape index (κ3) is 3.10. The molecule has 0 fully saturated rings. The number of halogens is 2. The maximum absolute atomic E-state index is 12.3. The molecule has 70 valence electrons. The number of amides is 1. The number of nitrogens with one attached hydrogen (secondary N) is 1. The fourth-order valence-electron chi connectivity index (χ4n) is 0.691. The van der Waals surface area contributed by atoms with Gasteiger partial charge in [0.2, 0.25) is 11.9 Å². The van der Waals surface area contributed by atoms with Crippen LogP contribution in [0.25, 0.3) is 0 Å². The molecule has 1 amide bonds. The van der Waals surface area contributed by atoms with Crippen molar-refractivity contribution < 1.29 is 9.18 Å². The van der Waals surface area contributed by atoms with Crippen molar-refractivity contribution in [3.8, 4) is 0 Å². The molecule has 0 radical (unpaired) electrons. The smallest absolute Gasteiger partial charge is 0.237 e. The van der Waals surface area contributed by atoms with Crippen molar-refractivity contribution >= 4 is 27.5 Å². The van der Waals surface area contributed by atoms with E-state index in [4.69, 9.17) is 0 Å². The minimum atomic E-state index is -0.565.